The van der Waals surface area contributed by atoms with Gasteiger partial charge in [-0.1, -0.05) is 33.8 Å². The third kappa shape index (κ3) is 8.07. The quantitative estimate of drug-likeness (QED) is 0.332. The molecule has 0 unspecified atom stereocenters. The summed E-state index contributed by atoms with van der Waals surface area (Å²) in [4.78, 5) is 28.5. The molecule has 7 nitrogen and oxygen atoms in total. The van der Waals surface area contributed by atoms with E-state index in [1.54, 1.807) is 7.05 Å². The maximum absolute atomic E-state index is 12.1. The van der Waals surface area contributed by atoms with E-state index in [4.69, 9.17) is 9.84 Å². The predicted octanol–water partition coefficient (Wildman–Crippen LogP) is 7.25. The van der Waals surface area contributed by atoms with Gasteiger partial charge in [0, 0.05) is 49.2 Å². The number of nitrogens with one attached hydrogen (secondary N) is 1. The Labute approximate surface area is 226 Å². The molecule has 0 atom stereocenters. The highest BCUT2D eigenvalue weighted by Crippen LogP contribution is 2.34. The van der Waals surface area contributed by atoms with Gasteiger partial charge in [0.15, 0.2) is 5.78 Å². The summed E-state index contributed by atoms with van der Waals surface area (Å²) in [7, 11) is 3.70. The third-order valence-corrected chi connectivity index (χ3v) is 6.09. The van der Waals surface area contributed by atoms with Gasteiger partial charge in [-0.05, 0) is 67.6 Å². The highest BCUT2D eigenvalue weighted by molar-refractivity contribution is 5.99. The average Bonchev–Trinajstić information content (AvgIpc) is 3.84. The highest BCUT2D eigenvalue weighted by atomic mass is 16.5. The molecule has 2 aliphatic rings. The number of ether oxygens (including phenoxy) is 1. The minimum Gasteiger partial charge on any atom is -0.493 e. The Balaban J connectivity index is 0.000000286. The molecule has 2 N–H and O–H groups in total. The number of hydrogen-bond acceptors (Lipinski definition) is 6. The minimum absolute atomic E-state index is 0.238. The SMILES string of the molecule is CC.CC.CN(c1ccc(C(=O)C2CC2)cc1)c1ccc2c(c1)OCCC2.CNc1cnccc1C(=O)O. The van der Waals surface area contributed by atoms with Crippen molar-refractivity contribution in [3.8, 4) is 5.75 Å². The number of ketones is 1. The summed E-state index contributed by atoms with van der Waals surface area (Å²) in [5, 5.41) is 11.4. The Morgan fingerprint density at radius 3 is 2.24 bits per heavy atom. The molecule has 5 rings (SSSR count). The fourth-order valence-electron chi connectivity index (χ4n) is 3.90. The molecule has 0 spiro atoms. The molecule has 0 radical (unpaired) electrons. The summed E-state index contributed by atoms with van der Waals surface area (Å²) in [6.07, 6.45) is 7.22. The normalized spacial score (nSPS) is 12.9. The molecule has 204 valence electrons. The molecule has 7 heteroatoms. The van der Waals surface area contributed by atoms with Gasteiger partial charge in [0.25, 0.3) is 0 Å². The van der Waals surface area contributed by atoms with Gasteiger partial charge in [-0.15, -0.1) is 0 Å². The van der Waals surface area contributed by atoms with Crippen molar-refractivity contribution in [2.24, 2.45) is 5.92 Å². The lowest BCUT2D eigenvalue weighted by atomic mass is 10.0. The van der Waals surface area contributed by atoms with Crippen LogP contribution < -0.4 is 15.0 Å². The Bertz CT molecular complexity index is 1170. The fraction of sp³-hybridized carbons (Fsp3) is 0.387. The van der Waals surface area contributed by atoms with Gasteiger partial charge in [0.05, 0.1) is 24.1 Å². The van der Waals surface area contributed by atoms with Gasteiger partial charge >= 0.3 is 5.97 Å². The largest absolute Gasteiger partial charge is 0.493 e. The molecule has 2 aromatic carbocycles. The zero-order valence-electron chi connectivity index (χ0n) is 23.5. The summed E-state index contributed by atoms with van der Waals surface area (Å²) in [6.45, 7) is 8.80. The lowest BCUT2D eigenvalue weighted by Gasteiger charge is -2.23. The Hall–Kier alpha value is -3.87. The maximum Gasteiger partial charge on any atom is 0.337 e. The number of pyridine rings is 1. The summed E-state index contributed by atoms with van der Waals surface area (Å²) in [6, 6.07) is 15.8. The number of carboxylic acid groups (broad SMARTS) is 1. The molecule has 1 aliphatic heterocycles. The van der Waals surface area contributed by atoms with Crippen LogP contribution in [0.15, 0.2) is 60.9 Å². The first-order valence-electron chi connectivity index (χ1n) is 13.5. The van der Waals surface area contributed by atoms with Gasteiger partial charge in [-0.2, -0.15) is 0 Å². The molecule has 3 aromatic rings. The first-order chi connectivity index (χ1) is 18.5. The van der Waals surface area contributed by atoms with Crippen molar-refractivity contribution in [2.45, 2.75) is 53.4 Å². The maximum atomic E-state index is 12.1. The van der Waals surface area contributed by atoms with Crippen molar-refractivity contribution in [2.75, 3.05) is 30.9 Å². The molecule has 1 aliphatic carbocycles. The zero-order chi connectivity index (χ0) is 28.1. The second-order valence-electron chi connectivity index (χ2n) is 8.46. The van der Waals surface area contributed by atoms with E-state index in [-0.39, 0.29) is 11.5 Å². The molecule has 2 heterocycles. The number of aryl methyl sites for hydroxylation is 1. The number of carbonyl (C=O) groups is 2. The molecular formula is C31H41N3O4. The second-order valence-corrected chi connectivity index (χ2v) is 8.46. The van der Waals surface area contributed by atoms with Crippen molar-refractivity contribution in [1.29, 1.82) is 0 Å². The predicted molar refractivity (Wildman–Crippen MR) is 155 cm³/mol. The number of benzene rings is 2. The van der Waals surface area contributed by atoms with Crippen molar-refractivity contribution < 1.29 is 19.4 Å². The van der Waals surface area contributed by atoms with Crippen molar-refractivity contribution in [3.63, 3.8) is 0 Å². The number of fused-ring (bicyclic) bond motifs is 1. The smallest absolute Gasteiger partial charge is 0.337 e. The molecule has 0 amide bonds. The van der Waals surface area contributed by atoms with Crippen LogP contribution in [0, 0.1) is 5.92 Å². The minimum atomic E-state index is -0.947. The lowest BCUT2D eigenvalue weighted by molar-refractivity contribution is 0.0697. The van der Waals surface area contributed by atoms with Crippen LogP contribution in [0.25, 0.3) is 0 Å². The van der Waals surface area contributed by atoms with Crippen molar-refractivity contribution in [3.05, 3.63) is 77.6 Å². The number of Topliss-reactive ketones (excluding diaryl/α,β-unsaturated/α-hetero) is 1. The molecule has 1 aromatic heterocycles. The molecular weight excluding hydrogens is 478 g/mol. The Kier molecular flexibility index (Phi) is 12.3. The van der Waals surface area contributed by atoms with Crippen LogP contribution >= 0.6 is 0 Å². The van der Waals surface area contributed by atoms with E-state index in [1.165, 1.54) is 24.0 Å². The topological polar surface area (TPSA) is 91.8 Å². The van der Waals surface area contributed by atoms with Crippen LogP contribution in [0.1, 0.15) is 73.2 Å². The van der Waals surface area contributed by atoms with E-state index in [0.717, 1.165) is 55.0 Å². The Morgan fingerprint density at radius 2 is 1.66 bits per heavy atom. The molecule has 0 saturated heterocycles. The number of rotatable bonds is 6. The highest BCUT2D eigenvalue weighted by Gasteiger charge is 2.30. The summed E-state index contributed by atoms with van der Waals surface area (Å²) in [5.41, 5.74) is 5.07. The van der Waals surface area contributed by atoms with Gasteiger partial charge in [0.2, 0.25) is 0 Å². The first kappa shape index (κ1) is 30.4. The van der Waals surface area contributed by atoms with Gasteiger partial charge in [-0.3, -0.25) is 9.78 Å². The Morgan fingerprint density at radius 1 is 1.00 bits per heavy atom. The first-order valence-corrected chi connectivity index (χ1v) is 13.5. The van der Waals surface area contributed by atoms with Crippen LogP contribution in [-0.2, 0) is 6.42 Å². The van der Waals surface area contributed by atoms with Gasteiger partial charge < -0.3 is 20.1 Å². The van der Waals surface area contributed by atoms with Crippen LogP contribution in [0.4, 0.5) is 17.1 Å². The summed E-state index contributed by atoms with van der Waals surface area (Å²) in [5.74, 6) is 0.621. The molecule has 1 saturated carbocycles. The summed E-state index contributed by atoms with van der Waals surface area (Å²) >= 11 is 0. The van der Waals surface area contributed by atoms with Crippen molar-refractivity contribution >= 4 is 28.8 Å². The van der Waals surface area contributed by atoms with E-state index in [9.17, 15) is 9.59 Å². The van der Waals surface area contributed by atoms with Crippen molar-refractivity contribution in [1.82, 2.24) is 4.98 Å². The molecule has 0 bridgehead atoms. The number of nitrogens with zero attached hydrogens (tertiary/aromatic N) is 2. The van der Waals surface area contributed by atoms with Crippen LogP contribution in [0.5, 0.6) is 5.75 Å². The number of carbonyl (C=O) groups excluding carboxylic acids is 1. The number of aromatic nitrogens is 1. The lowest BCUT2D eigenvalue weighted by Crippen LogP contribution is -2.12. The van der Waals surface area contributed by atoms with E-state index in [1.807, 2.05) is 59.0 Å². The number of hydrogen-bond donors (Lipinski definition) is 2. The fourth-order valence-corrected chi connectivity index (χ4v) is 3.90. The number of anilines is 3. The monoisotopic (exact) mass is 519 g/mol. The summed E-state index contributed by atoms with van der Waals surface area (Å²) < 4.78 is 5.76. The number of aromatic carboxylic acids is 1. The van der Waals surface area contributed by atoms with E-state index >= 15 is 0 Å². The van der Waals surface area contributed by atoms with Gasteiger partial charge in [0.1, 0.15) is 5.75 Å². The van der Waals surface area contributed by atoms with Gasteiger partial charge in [-0.25, -0.2) is 4.79 Å². The van der Waals surface area contributed by atoms with E-state index in [0.29, 0.717) is 11.5 Å². The average molecular weight is 520 g/mol. The third-order valence-electron chi connectivity index (χ3n) is 6.09. The zero-order valence-corrected chi connectivity index (χ0v) is 23.5. The standard InChI is InChI=1S/C20H21NO2.C7H8N2O2.2C2H6/c1-21(18-11-6-14-3-2-12-23-19(14)13-18)17-9-7-16(8-10-17)20(22)15-4-5-15;1-8-6-4-9-3-2-5(6)7(10)11;2*1-2/h6-11,13,15H,2-5,12H2,1H3;2-4,8H,1H3,(H,10,11);2*1-2H3. The molecule has 38 heavy (non-hydrogen) atoms. The van der Waals surface area contributed by atoms with Crippen LogP contribution in [0.3, 0.4) is 0 Å². The van der Waals surface area contributed by atoms with Crippen LogP contribution in [-0.4, -0.2) is 42.5 Å². The second kappa shape index (κ2) is 15.4. The van der Waals surface area contributed by atoms with Crippen LogP contribution in [0.2, 0.25) is 0 Å². The number of carboxylic acids is 1. The molecule has 1 fully saturated rings. The van der Waals surface area contributed by atoms with E-state index < -0.39 is 5.97 Å². The van der Waals surface area contributed by atoms with E-state index in [2.05, 4.69) is 33.4 Å².